The number of nitrogens with one attached hydrogen (secondary N) is 2. The summed E-state index contributed by atoms with van der Waals surface area (Å²) in [6.07, 6.45) is 0.0370. The van der Waals surface area contributed by atoms with Crippen LogP contribution in [-0.2, 0) is 9.59 Å². The molecule has 142 valence electrons. The topological polar surface area (TPSA) is 84.5 Å². The molecule has 0 spiro atoms. The first-order valence-electron chi connectivity index (χ1n) is 8.41. The summed E-state index contributed by atoms with van der Waals surface area (Å²) in [5.74, 6) is -0.442. The van der Waals surface area contributed by atoms with Gasteiger partial charge in [0.25, 0.3) is 5.91 Å². The Labute approximate surface area is 166 Å². The van der Waals surface area contributed by atoms with Crippen LogP contribution in [0.3, 0.4) is 0 Å². The van der Waals surface area contributed by atoms with Gasteiger partial charge in [0.2, 0.25) is 5.91 Å². The van der Waals surface area contributed by atoms with Crippen LogP contribution in [0.5, 0.6) is 5.75 Å². The molecule has 6 nitrogen and oxygen atoms in total. The molecule has 7 heteroatoms. The number of halogens is 1. The molecule has 0 unspecified atom stereocenters. The lowest BCUT2D eigenvalue weighted by Gasteiger charge is -2.11. The van der Waals surface area contributed by atoms with Gasteiger partial charge in [0, 0.05) is 22.9 Å². The number of aryl methyl sites for hydroxylation is 2. The first-order chi connectivity index (χ1) is 12.8. The van der Waals surface area contributed by atoms with E-state index in [-0.39, 0.29) is 25.2 Å². The van der Waals surface area contributed by atoms with Crippen LogP contribution in [0.15, 0.2) is 46.9 Å². The Bertz CT molecular complexity index is 834. The molecule has 0 aromatic heterocycles. The number of benzene rings is 2. The number of hydrazine groups is 1. The Morgan fingerprint density at radius 3 is 2.30 bits per heavy atom. The van der Waals surface area contributed by atoms with Gasteiger partial charge in [-0.3, -0.25) is 25.2 Å². The summed E-state index contributed by atoms with van der Waals surface area (Å²) >= 11 is 3.30. The molecule has 0 aliphatic rings. The fourth-order valence-corrected chi connectivity index (χ4v) is 2.52. The highest BCUT2D eigenvalue weighted by Gasteiger charge is 2.11. The highest BCUT2D eigenvalue weighted by atomic mass is 79.9. The van der Waals surface area contributed by atoms with Gasteiger partial charge in [-0.25, -0.2) is 0 Å². The van der Waals surface area contributed by atoms with Gasteiger partial charge in [-0.1, -0.05) is 40.2 Å². The van der Waals surface area contributed by atoms with Gasteiger partial charge in [0.15, 0.2) is 12.4 Å². The Morgan fingerprint density at radius 1 is 0.926 bits per heavy atom. The number of hydrogen-bond donors (Lipinski definition) is 2. The summed E-state index contributed by atoms with van der Waals surface area (Å²) in [6, 6.07) is 12.6. The van der Waals surface area contributed by atoms with E-state index in [4.69, 9.17) is 4.74 Å². The minimum Gasteiger partial charge on any atom is -0.483 e. The van der Waals surface area contributed by atoms with E-state index < -0.39 is 11.8 Å². The summed E-state index contributed by atoms with van der Waals surface area (Å²) < 4.78 is 6.33. The van der Waals surface area contributed by atoms with Gasteiger partial charge in [-0.15, -0.1) is 0 Å². The zero-order valence-corrected chi connectivity index (χ0v) is 16.8. The molecule has 0 radical (unpaired) electrons. The van der Waals surface area contributed by atoms with Gasteiger partial charge < -0.3 is 4.74 Å². The van der Waals surface area contributed by atoms with Crippen molar-refractivity contribution >= 4 is 33.5 Å². The molecular formula is C20H21BrN2O4. The highest BCUT2D eigenvalue weighted by molar-refractivity contribution is 9.10. The van der Waals surface area contributed by atoms with E-state index in [9.17, 15) is 14.4 Å². The predicted molar refractivity (Wildman–Crippen MR) is 105 cm³/mol. The van der Waals surface area contributed by atoms with E-state index in [1.54, 1.807) is 24.3 Å². The largest absolute Gasteiger partial charge is 0.483 e. The quantitative estimate of drug-likeness (QED) is 0.519. The van der Waals surface area contributed by atoms with Crippen molar-refractivity contribution < 1.29 is 19.1 Å². The van der Waals surface area contributed by atoms with E-state index in [0.29, 0.717) is 11.3 Å². The molecule has 2 N–H and O–H groups in total. The number of ether oxygens (including phenoxy) is 1. The zero-order valence-electron chi connectivity index (χ0n) is 15.2. The number of Topliss-reactive ketones (excluding diaryl/α,β-unsaturated/α-hetero) is 1. The van der Waals surface area contributed by atoms with E-state index >= 15 is 0 Å². The maximum absolute atomic E-state index is 12.0. The summed E-state index contributed by atoms with van der Waals surface area (Å²) in [6.45, 7) is 3.60. The van der Waals surface area contributed by atoms with Crippen molar-refractivity contribution in [2.45, 2.75) is 26.7 Å². The van der Waals surface area contributed by atoms with Crippen molar-refractivity contribution in [1.82, 2.24) is 10.9 Å². The van der Waals surface area contributed by atoms with E-state index in [1.807, 2.05) is 32.0 Å². The minimum absolute atomic E-state index is 0.0208. The number of amides is 2. The number of rotatable bonds is 7. The zero-order chi connectivity index (χ0) is 19.8. The third kappa shape index (κ3) is 6.86. The number of hydrogen-bond acceptors (Lipinski definition) is 4. The molecule has 0 aliphatic heterocycles. The molecular weight excluding hydrogens is 412 g/mol. The van der Waals surface area contributed by atoms with Crippen LogP contribution in [0.1, 0.15) is 34.3 Å². The van der Waals surface area contributed by atoms with Crippen molar-refractivity contribution in [3.63, 3.8) is 0 Å². The number of ketones is 1. The molecule has 0 fully saturated rings. The van der Waals surface area contributed by atoms with Gasteiger partial charge in [0.1, 0.15) is 5.75 Å². The van der Waals surface area contributed by atoms with E-state index in [1.165, 1.54) is 0 Å². The molecule has 27 heavy (non-hydrogen) atoms. The van der Waals surface area contributed by atoms with Crippen LogP contribution < -0.4 is 15.6 Å². The summed E-state index contributed by atoms with van der Waals surface area (Å²) in [5, 5.41) is 0. The third-order valence-corrected chi connectivity index (χ3v) is 4.32. The molecule has 2 aromatic rings. The van der Waals surface area contributed by atoms with Crippen LogP contribution in [0.25, 0.3) is 0 Å². The van der Waals surface area contributed by atoms with Gasteiger partial charge in [-0.2, -0.15) is 0 Å². The summed E-state index contributed by atoms with van der Waals surface area (Å²) in [5.41, 5.74) is 7.05. The molecule has 0 saturated heterocycles. The fraction of sp³-hybridized carbons (Fsp3) is 0.250. The predicted octanol–water partition coefficient (Wildman–Crippen LogP) is 3.26. The fourth-order valence-electron chi connectivity index (χ4n) is 2.25. The van der Waals surface area contributed by atoms with E-state index in [0.717, 1.165) is 15.6 Å². The maximum atomic E-state index is 12.0. The monoisotopic (exact) mass is 432 g/mol. The van der Waals surface area contributed by atoms with Crippen LogP contribution in [0.2, 0.25) is 0 Å². The van der Waals surface area contributed by atoms with Crippen molar-refractivity contribution in [3.05, 3.63) is 63.6 Å². The van der Waals surface area contributed by atoms with Crippen LogP contribution in [0, 0.1) is 13.8 Å². The van der Waals surface area contributed by atoms with Crippen molar-refractivity contribution in [2.24, 2.45) is 0 Å². The van der Waals surface area contributed by atoms with Crippen LogP contribution in [-0.4, -0.2) is 24.2 Å². The Morgan fingerprint density at radius 2 is 1.59 bits per heavy atom. The molecule has 0 bridgehead atoms. The number of carbonyl (C=O) groups is 3. The van der Waals surface area contributed by atoms with Gasteiger partial charge in [0.05, 0.1) is 0 Å². The van der Waals surface area contributed by atoms with Crippen LogP contribution >= 0.6 is 15.9 Å². The van der Waals surface area contributed by atoms with Gasteiger partial charge >= 0.3 is 0 Å². The Kier molecular flexibility index (Phi) is 7.55. The SMILES string of the molecule is Cc1ccc(C)c(OCC(=O)NNC(=O)CCC(=O)c2ccc(Br)cc2)c1. The molecule has 2 aromatic carbocycles. The summed E-state index contributed by atoms with van der Waals surface area (Å²) in [7, 11) is 0. The van der Waals surface area contributed by atoms with Crippen LogP contribution in [0.4, 0.5) is 0 Å². The molecule has 0 atom stereocenters. The molecule has 0 saturated carbocycles. The van der Waals surface area contributed by atoms with Crippen molar-refractivity contribution in [3.8, 4) is 5.75 Å². The molecule has 0 heterocycles. The standard InChI is InChI=1S/C20H21BrN2O4/c1-13-3-4-14(2)18(11-13)27-12-20(26)23-22-19(25)10-9-17(24)15-5-7-16(21)8-6-15/h3-8,11H,9-10,12H2,1-2H3,(H,22,25)(H,23,26). The lowest BCUT2D eigenvalue weighted by Crippen LogP contribution is -2.43. The second-order valence-corrected chi connectivity index (χ2v) is 7.00. The van der Waals surface area contributed by atoms with E-state index in [2.05, 4.69) is 26.8 Å². The third-order valence-electron chi connectivity index (χ3n) is 3.79. The van der Waals surface area contributed by atoms with Crippen molar-refractivity contribution in [1.29, 1.82) is 0 Å². The highest BCUT2D eigenvalue weighted by Crippen LogP contribution is 2.18. The summed E-state index contributed by atoms with van der Waals surface area (Å²) in [4.78, 5) is 35.6. The second-order valence-electron chi connectivity index (χ2n) is 6.08. The average molecular weight is 433 g/mol. The Hall–Kier alpha value is -2.67. The maximum Gasteiger partial charge on any atom is 0.276 e. The average Bonchev–Trinajstić information content (AvgIpc) is 2.65. The Balaban J connectivity index is 1.70. The molecule has 2 rings (SSSR count). The smallest absolute Gasteiger partial charge is 0.276 e. The second kappa shape index (κ2) is 9.87. The van der Waals surface area contributed by atoms with Gasteiger partial charge in [-0.05, 0) is 43.2 Å². The molecule has 0 aliphatic carbocycles. The lowest BCUT2D eigenvalue weighted by atomic mass is 10.1. The van der Waals surface area contributed by atoms with Crippen molar-refractivity contribution in [2.75, 3.05) is 6.61 Å². The first kappa shape index (κ1) is 20.6. The lowest BCUT2D eigenvalue weighted by molar-refractivity contribution is -0.130. The normalized spacial score (nSPS) is 10.2. The minimum atomic E-state index is -0.483. The number of carbonyl (C=O) groups excluding carboxylic acids is 3. The first-order valence-corrected chi connectivity index (χ1v) is 9.21. The molecule has 2 amide bonds.